The quantitative estimate of drug-likeness (QED) is 0.634. The SMILES string of the molecule is CC(Cc1cccc(F)c1)Nc1ccc([N+](=O)[O-])c(Br)c1. The summed E-state index contributed by atoms with van der Waals surface area (Å²) in [6, 6.07) is 11.3. The van der Waals surface area contributed by atoms with Crippen LogP contribution in [0.4, 0.5) is 15.8 Å². The molecular formula is C15H14BrFN2O2. The molecule has 0 heterocycles. The summed E-state index contributed by atoms with van der Waals surface area (Å²) in [5.41, 5.74) is 1.70. The normalized spacial score (nSPS) is 12.0. The molecule has 1 unspecified atom stereocenters. The van der Waals surface area contributed by atoms with Crippen molar-refractivity contribution in [2.45, 2.75) is 19.4 Å². The van der Waals surface area contributed by atoms with Gasteiger partial charge in [-0.15, -0.1) is 0 Å². The number of nitrogens with one attached hydrogen (secondary N) is 1. The number of nitrogens with zero attached hydrogens (tertiary/aromatic N) is 1. The molecule has 110 valence electrons. The van der Waals surface area contributed by atoms with Gasteiger partial charge in [-0.1, -0.05) is 12.1 Å². The highest BCUT2D eigenvalue weighted by atomic mass is 79.9. The van der Waals surface area contributed by atoms with Crippen molar-refractivity contribution in [1.82, 2.24) is 0 Å². The van der Waals surface area contributed by atoms with Crippen molar-refractivity contribution >= 4 is 27.3 Å². The molecule has 0 aliphatic heterocycles. The molecule has 0 saturated heterocycles. The van der Waals surface area contributed by atoms with Crippen LogP contribution in [0, 0.1) is 15.9 Å². The van der Waals surface area contributed by atoms with Crippen LogP contribution in [0.3, 0.4) is 0 Å². The molecule has 2 rings (SSSR count). The van der Waals surface area contributed by atoms with Crippen molar-refractivity contribution in [3.05, 3.63) is 68.4 Å². The summed E-state index contributed by atoms with van der Waals surface area (Å²) in [6.07, 6.45) is 0.659. The smallest absolute Gasteiger partial charge is 0.283 e. The lowest BCUT2D eigenvalue weighted by atomic mass is 10.1. The molecule has 6 heteroatoms. The Balaban J connectivity index is 2.04. The molecule has 0 aliphatic rings. The fourth-order valence-electron chi connectivity index (χ4n) is 2.10. The van der Waals surface area contributed by atoms with Crippen molar-refractivity contribution in [1.29, 1.82) is 0 Å². The first-order valence-corrected chi connectivity index (χ1v) is 7.20. The molecule has 0 amide bonds. The Hall–Kier alpha value is -1.95. The fourth-order valence-corrected chi connectivity index (χ4v) is 2.62. The van der Waals surface area contributed by atoms with Gasteiger partial charge < -0.3 is 5.32 Å². The van der Waals surface area contributed by atoms with Crippen molar-refractivity contribution in [2.24, 2.45) is 0 Å². The van der Waals surface area contributed by atoms with Crippen molar-refractivity contribution in [2.75, 3.05) is 5.32 Å². The zero-order valence-corrected chi connectivity index (χ0v) is 12.9. The Labute approximate surface area is 130 Å². The lowest BCUT2D eigenvalue weighted by molar-refractivity contribution is -0.385. The molecule has 1 atom stereocenters. The van der Waals surface area contributed by atoms with Crippen LogP contribution in [0.15, 0.2) is 46.9 Å². The van der Waals surface area contributed by atoms with Gasteiger partial charge in [-0.05, 0) is 59.1 Å². The highest BCUT2D eigenvalue weighted by molar-refractivity contribution is 9.10. The second-order valence-corrected chi connectivity index (χ2v) is 5.66. The molecule has 4 nitrogen and oxygen atoms in total. The highest BCUT2D eigenvalue weighted by Crippen LogP contribution is 2.28. The highest BCUT2D eigenvalue weighted by Gasteiger charge is 2.12. The molecule has 2 aromatic rings. The number of halogens is 2. The molecule has 0 saturated carbocycles. The summed E-state index contributed by atoms with van der Waals surface area (Å²) >= 11 is 3.18. The monoisotopic (exact) mass is 352 g/mol. The van der Waals surface area contributed by atoms with Crippen molar-refractivity contribution in [3.63, 3.8) is 0 Å². The number of anilines is 1. The molecule has 21 heavy (non-hydrogen) atoms. The Morgan fingerprint density at radius 1 is 1.33 bits per heavy atom. The topological polar surface area (TPSA) is 55.2 Å². The van der Waals surface area contributed by atoms with Crippen LogP contribution in [0.5, 0.6) is 0 Å². The number of nitro benzene ring substituents is 1. The number of nitro groups is 1. The van der Waals surface area contributed by atoms with E-state index in [-0.39, 0.29) is 17.5 Å². The number of benzene rings is 2. The minimum atomic E-state index is -0.440. The van der Waals surface area contributed by atoms with E-state index in [1.807, 2.05) is 13.0 Å². The average molecular weight is 353 g/mol. The summed E-state index contributed by atoms with van der Waals surface area (Å²) < 4.78 is 13.6. The lowest BCUT2D eigenvalue weighted by Crippen LogP contribution is -2.18. The van der Waals surface area contributed by atoms with E-state index in [0.717, 1.165) is 11.3 Å². The standard InChI is InChI=1S/C15H14BrFN2O2/c1-10(7-11-3-2-4-12(17)8-11)18-13-5-6-15(19(20)21)14(16)9-13/h2-6,8-10,18H,7H2,1H3. The first-order valence-electron chi connectivity index (χ1n) is 6.40. The minimum absolute atomic E-state index is 0.0262. The van der Waals surface area contributed by atoms with E-state index in [2.05, 4.69) is 21.2 Å². The van der Waals surface area contributed by atoms with Gasteiger partial charge in [0.1, 0.15) is 5.82 Å². The van der Waals surface area contributed by atoms with Gasteiger partial charge >= 0.3 is 0 Å². The Morgan fingerprint density at radius 2 is 2.10 bits per heavy atom. The van der Waals surface area contributed by atoms with E-state index in [1.54, 1.807) is 18.2 Å². The summed E-state index contributed by atoms with van der Waals surface area (Å²) in [6.45, 7) is 1.97. The van der Waals surface area contributed by atoms with E-state index < -0.39 is 4.92 Å². The lowest BCUT2D eigenvalue weighted by Gasteiger charge is -2.15. The second kappa shape index (κ2) is 6.67. The summed E-state index contributed by atoms with van der Waals surface area (Å²) in [4.78, 5) is 10.3. The summed E-state index contributed by atoms with van der Waals surface area (Å²) in [5, 5.41) is 14.0. The molecular weight excluding hydrogens is 339 g/mol. The Kier molecular flexibility index (Phi) is 4.90. The van der Waals surface area contributed by atoms with E-state index in [0.29, 0.717) is 10.9 Å². The molecule has 0 aliphatic carbocycles. The molecule has 0 fully saturated rings. The van der Waals surface area contributed by atoms with E-state index in [9.17, 15) is 14.5 Å². The van der Waals surface area contributed by atoms with Gasteiger partial charge in [-0.2, -0.15) is 0 Å². The van der Waals surface area contributed by atoms with Crippen LogP contribution < -0.4 is 5.32 Å². The van der Waals surface area contributed by atoms with Gasteiger partial charge in [0.05, 0.1) is 9.40 Å². The van der Waals surface area contributed by atoms with Crippen LogP contribution >= 0.6 is 15.9 Å². The number of hydrogen-bond donors (Lipinski definition) is 1. The van der Waals surface area contributed by atoms with Gasteiger partial charge in [-0.3, -0.25) is 10.1 Å². The van der Waals surface area contributed by atoms with Crippen LogP contribution in [0.2, 0.25) is 0 Å². The van der Waals surface area contributed by atoms with Crippen LogP contribution in [-0.4, -0.2) is 11.0 Å². The first kappa shape index (κ1) is 15.4. The number of hydrogen-bond acceptors (Lipinski definition) is 3. The van der Waals surface area contributed by atoms with E-state index in [1.165, 1.54) is 18.2 Å². The second-order valence-electron chi connectivity index (χ2n) is 4.80. The first-order chi connectivity index (χ1) is 9.95. The van der Waals surface area contributed by atoms with E-state index in [4.69, 9.17) is 0 Å². The molecule has 0 aromatic heterocycles. The van der Waals surface area contributed by atoms with Crippen LogP contribution in [0.25, 0.3) is 0 Å². The molecule has 1 N–H and O–H groups in total. The maximum absolute atomic E-state index is 13.1. The predicted octanol–water partition coefficient (Wildman–Crippen LogP) is 4.54. The predicted molar refractivity (Wildman–Crippen MR) is 84.0 cm³/mol. The largest absolute Gasteiger partial charge is 0.382 e. The fraction of sp³-hybridized carbons (Fsp3) is 0.200. The Morgan fingerprint density at radius 3 is 2.71 bits per heavy atom. The molecule has 0 spiro atoms. The third-order valence-corrected chi connectivity index (χ3v) is 3.62. The van der Waals surface area contributed by atoms with Gasteiger partial charge in [-0.25, -0.2) is 4.39 Å². The summed E-state index contributed by atoms with van der Waals surface area (Å²) in [5.74, 6) is -0.252. The van der Waals surface area contributed by atoms with Crippen molar-refractivity contribution < 1.29 is 9.31 Å². The zero-order chi connectivity index (χ0) is 15.4. The van der Waals surface area contributed by atoms with Crippen LogP contribution in [-0.2, 0) is 6.42 Å². The molecule has 0 bridgehead atoms. The van der Waals surface area contributed by atoms with Gasteiger partial charge in [0.15, 0.2) is 0 Å². The van der Waals surface area contributed by atoms with Gasteiger partial charge in [0.25, 0.3) is 5.69 Å². The maximum Gasteiger partial charge on any atom is 0.283 e. The Bertz CT molecular complexity index is 664. The third kappa shape index (κ3) is 4.26. The number of rotatable bonds is 5. The molecule has 2 aromatic carbocycles. The summed E-state index contributed by atoms with van der Waals surface area (Å²) in [7, 11) is 0. The zero-order valence-electron chi connectivity index (χ0n) is 11.3. The van der Waals surface area contributed by atoms with Gasteiger partial charge in [0, 0.05) is 17.8 Å². The maximum atomic E-state index is 13.1. The molecule has 0 radical (unpaired) electrons. The van der Waals surface area contributed by atoms with Gasteiger partial charge in [0.2, 0.25) is 0 Å². The third-order valence-electron chi connectivity index (χ3n) is 2.99. The van der Waals surface area contributed by atoms with Crippen molar-refractivity contribution in [3.8, 4) is 0 Å². The average Bonchev–Trinajstić information content (AvgIpc) is 2.38. The van der Waals surface area contributed by atoms with Crippen LogP contribution in [0.1, 0.15) is 12.5 Å². The van der Waals surface area contributed by atoms with E-state index >= 15 is 0 Å². The minimum Gasteiger partial charge on any atom is -0.382 e.